The maximum absolute atomic E-state index is 5.78. The Hall–Kier alpha value is -1.09. The zero-order valence-corrected chi connectivity index (χ0v) is 10.9. The van der Waals surface area contributed by atoms with Gasteiger partial charge in [0.2, 0.25) is 0 Å². The molecule has 0 radical (unpaired) electrons. The summed E-state index contributed by atoms with van der Waals surface area (Å²) in [4.78, 5) is 4.17. The standard InChI is InChI=1S/C14H22N2O/c1-10(2)14-8-12(5-7-17-14)16-13-9-15-6-4-11(13)3/h4,6,9-10,12,14,16H,5,7-8H2,1-3H3. The largest absolute Gasteiger partial charge is 0.381 e. The minimum atomic E-state index is 0.387. The van der Waals surface area contributed by atoms with Gasteiger partial charge in [0.05, 0.1) is 18.0 Å². The van der Waals surface area contributed by atoms with Gasteiger partial charge in [0.15, 0.2) is 0 Å². The van der Waals surface area contributed by atoms with Crippen LogP contribution in [0.15, 0.2) is 18.5 Å². The first-order valence-electron chi connectivity index (χ1n) is 6.45. The van der Waals surface area contributed by atoms with Gasteiger partial charge in [-0.3, -0.25) is 4.98 Å². The van der Waals surface area contributed by atoms with Crippen LogP contribution in [0.2, 0.25) is 0 Å². The monoisotopic (exact) mass is 234 g/mol. The summed E-state index contributed by atoms with van der Waals surface area (Å²) < 4.78 is 5.78. The molecule has 2 heterocycles. The summed E-state index contributed by atoms with van der Waals surface area (Å²) in [5.41, 5.74) is 2.41. The van der Waals surface area contributed by atoms with E-state index in [2.05, 4.69) is 31.1 Å². The third-order valence-electron chi connectivity index (χ3n) is 3.46. The summed E-state index contributed by atoms with van der Waals surface area (Å²) in [5, 5.41) is 3.59. The van der Waals surface area contributed by atoms with Crippen molar-refractivity contribution in [2.45, 2.75) is 45.8 Å². The van der Waals surface area contributed by atoms with Gasteiger partial charge in [0.1, 0.15) is 0 Å². The second-order valence-electron chi connectivity index (χ2n) is 5.21. The summed E-state index contributed by atoms with van der Waals surface area (Å²) in [6.45, 7) is 7.42. The van der Waals surface area contributed by atoms with Crippen LogP contribution in [0, 0.1) is 12.8 Å². The summed E-state index contributed by atoms with van der Waals surface area (Å²) in [5.74, 6) is 0.592. The first-order chi connectivity index (χ1) is 8.16. The molecule has 2 unspecified atom stereocenters. The minimum Gasteiger partial charge on any atom is -0.381 e. The molecule has 3 nitrogen and oxygen atoms in total. The Morgan fingerprint density at radius 2 is 2.29 bits per heavy atom. The van der Waals surface area contributed by atoms with Gasteiger partial charge < -0.3 is 10.1 Å². The predicted molar refractivity (Wildman–Crippen MR) is 70.2 cm³/mol. The smallest absolute Gasteiger partial charge is 0.0617 e. The van der Waals surface area contributed by atoms with Gasteiger partial charge >= 0.3 is 0 Å². The fraction of sp³-hybridized carbons (Fsp3) is 0.643. The van der Waals surface area contributed by atoms with Crippen LogP contribution in [0.4, 0.5) is 5.69 Å². The minimum absolute atomic E-state index is 0.387. The van der Waals surface area contributed by atoms with E-state index in [9.17, 15) is 0 Å². The average Bonchev–Trinajstić information content (AvgIpc) is 2.32. The maximum atomic E-state index is 5.78. The van der Waals surface area contributed by atoms with E-state index in [0.29, 0.717) is 18.1 Å². The summed E-state index contributed by atoms with van der Waals surface area (Å²) in [6.07, 6.45) is 6.30. The van der Waals surface area contributed by atoms with E-state index in [4.69, 9.17) is 4.74 Å². The highest BCUT2D eigenvalue weighted by Crippen LogP contribution is 2.23. The lowest BCUT2D eigenvalue weighted by Crippen LogP contribution is -2.36. The van der Waals surface area contributed by atoms with Crippen molar-refractivity contribution < 1.29 is 4.74 Å². The molecule has 0 aromatic carbocycles. The quantitative estimate of drug-likeness (QED) is 0.873. The normalized spacial score (nSPS) is 24.9. The molecule has 0 amide bonds. The van der Waals surface area contributed by atoms with Crippen LogP contribution < -0.4 is 5.32 Å². The van der Waals surface area contributed by atoms with Crippen LogP contribution in [0.25, 0.3) is 0 Å². The topological polar surface area (TPSA) is 34.2 Å². The molecule has 1 aliphatic rings. The average molecular weight is 234 g/mol. The number of hydrogen-bond acceptors (Lipinski definition) is 3. The van der Waals surface area contributed by atoms with E-state index < -0.39 is 0 Å². The zero-order valence-electron chi connectivity index (χ0n) is 10.9. The van der Waals surface area contributed by atoms with Crippen molar-refractivity contribution in [3.63, 3.8) is 0 Å². The van der Waals surface area contributed by atoms with Gasteiger partial charge in [-0.05, 0) is 37.3 Å². The number of nitrogens with zero attached hydrogens (tertiary/aromatic N) is 1. The van der Waals surface area contributed by atoms with Crippen LogP contribution in [0.1, 0.15) is 32.3 Å². The molecule has 1 aromatic rings. The predicted octanol–water partition coefficient (Wildman–Crippen LogP) is 3.01. The van der Waals surface area contributed by atoms with Crippen LogP contribution in [0.5, 0.6) is 0 Å². The van der Waals surface area contributed by atoms with Crippen molar-refractivity contribution in [3.8, 4) is 0 Å². The number of pyridine rings is 1. The number of hydrogen-bond donors (Lipinski definition) is 1. The highest BCUT2D eigenvalue weighted by Gasteiger charge is 2.24. The molecule has 2 atom stereocenters. The van der Waals surface area contributed by atoms with Crippen LogP contribution in [-0.2, 0) is 4.74 Å². The molecule has 1 fully saturated rings. The van der Waals surface area contributed by atoms with Gasteiger partial charge in [-0.2, -0.15) is 0 Å². The summed E-state index contributed by atoms with van der Waals surface area (Å²) >= 11 is 0. The number of anilines is 1. The lowest BCUT2D eigenvalue weighted by molar-refractivity contribution is -0.0160. The van der Waals surface area contributed by atoms with Crippen molar-refractivity contribution in [2.75, 3.05) is 11.9 Å². The second kappa shape index (κ2) is 5.50. The van der Waals surface area contributed by atoms with E-state index in [1.54, 1.807) is 0 Å². The maximum Gasteiger partial charge on any atom is 0.0617 e. The van der Waals surface area contributed by atoms with Crippen LogP contribution in [0.3, 0.4) is 0 Å². The third kappa shape index (κ3) is 3.19. The summed E-state index contributed by atoms with van der Waals surface area (Å²) in [6, 6.07) is 2.56. The Kier molecular flexibility index (Phi) is 4.00. The molecule has 1 aliphatic heterocycles. The van der Waals surface area contributed by atoms with Gasteiger partial charge in [0, 0.05) is 18.8 Å². The molecule has 0 aliphatic carbocycles. The third-order valence-corrected chi connectivity index (χ3v) is 3.46. The number of aryl methyl sites for hydroxylation is 1. The van der Waals surface area contributed by atoms with Crippen molar-refractivity contribution in [3.05, 3.63) is 24.0 Å². The Morgan fingerprint density at radius 1 is 1.47 bits per heavy atom. The van der Waals surface area contributed by atoms with Crippen molar-refractivity contribution >= 4 is 5.69 Å². The summed E-state index contributed by atoms with van der Waals surface area (Å²) in [7, 11) is 0. The van der Waals surface area contributed by atoms with E-state index in [1.165, 1.54) is 5.56 Å². The van der Waals surface area contributed by atoms with Crippen molar-refractivity contribution in [1.29, 1.82) is 0 Å². The van der Waals surface area contributed by atoms with Crippen molar-refractivity contribution in [2.24, 2.45) is 5.92 Å². The molecule has 2 rings (SSSR count). The molecule has 1 aromatic heterocycles. The zero-order chi connectivity index (χ0) is 12.3. The Morgan fingerprint density at radius 3 is 3.00 bits per heavy atom. The second-order valence-corrected chi connectivity index (χ2v) is 5.21. The van der Waals surface area contributed by atoms with E-state index in [-0.39, 0.29) is 0 Å². The molecular formula is C14H22N2O. The lowest BCUT2D eigenvalue weighted by Gasteiger charge is -2.33. The molecule has 0 saturated carbocycles. The first-order valence-corrected chi connectivity index (χ1v) is 6.45. The Bertz CT molecular complexity index is 365. The number of nitrogens with one attached hydrogen (secondary N) is 1. The SMILES string of the molecule is Cc1ccncc1NC1CCOC(C(C)C)C1. The lowest BCUT2D eigenvalue weighted by atomic mass is 9.95. The van der Waals surface area contributed by atoms with Crippen LogP contribution in [-0.4, -0.2) is 23.7 Å². The molecule has 0 bridgehead atoms. The number of rotatable bonds is 3. The van der Waals surface area contributed by atoms with Gasteiger partial charge in [0.25, 0.3) is 0 Å². The number of ether oxygens (including phenoxy) is 1. The Labute approximate surface area is 104 Å². The van der Waals surface area contributed by atoms with Crippen molar-refractivity contribution in [1.82, 2.24) is 4.98 Å². The van der Waals surface area contributed by atoms with Crippen LogP contribution >= 0.6 is 0 Å². The molecule has 1 N–H and O–H groups in total. The molecule has 0 spiro atoms. The van der Waals surface area contributed by atoms with Gasteiger partial charge in [-0.1, -0.05) is 13.8 Å². The molecule has 17 heavy (non-hydrogen) atoms. The first kappa shape index (κ1) is 12.4. The highest BCUT2D eigenvalue weighted by atomic mass is 16.5. The number of aromatic nitrogens is 1. The highest BCUT2D eigenvalue weighted by molar-refractivity contribution is 5.48. The molecular weight excluding hydrogens is 212 g/mol. The molecule has 1 saturated heterocycles. The fourth-order valence-electron chi connectivity index (χ4n) is 2.26. The van der Waals surface area contributed by atoms with E-state index >= 15 is 0 Å². The molecule has 3 heteroatoms. The Balaban J connectivity index is 1.97. The fourth-order valence-corrected chi connectivity index (χ4v) is 2.26. The molecule has 94 valence electrons. The van der Waals surface area contributed by atoms with E-state index in [1.807, 2.05) is 18.5 Å². The van der Waals surface area contributed by atoms with Gasteiger partial charge in [-0.25, -0.2) is 0 Å². The van der Waals surface area contributed by atoms with Gasteiger partial charge in [-0.15, -0.1) is 0 Å². The van der Waals surface area contributed by atoms with E-state index in [0.717, 1.165) is 25.1 Å².